The van der Waals surface area contributed by atoms with Crippen molar-refractivity contribution in [1.29, 1.82) is 0 Å². The van der Waals surface area contributed by atoms with Crippen molar-refractivity contribution >= 4 is 17.4 Å². The summed E-state index contributed by atoms with van der Waals surface area (Å²) in [5, 5.41) is 7.19. The Kier molecular flexibility index (Phi) is 2.47. The van der Waals surface area contributed by atoms with Crippen molar-refractivity contribution in [2.45, 2.75) is 0 Å². The van der Waals surface area contributed by atoms with Gasteiger partial charge in [-0.3, -0.25) is 19.8 Å². The minimum atomic E-state index is -0.536. The SMILES string of the molecule is Nc1[nH][nH]c(=O)c1C(=O)Nc1ccccc1. The van der Waals surface area contributed by atoms with Gasteiger partial charge in [-0.15, -0.1) is 0 Å². The molecule has 0 saturated carbocycles. The van der Waals surface area contributed by atoms with Crippen LogP contribution in [0.3, 0.4) is 0 Å². The number of aromatic amines is 2. The summed E-state index contributed by atoms with van der Waals surface area (Å²) in [7, 11) is 0. The average Bonchev–Trinajstić information content (AvgIpc) is 2.60. The summed E-state index contributed by atoms with van der Waals surface area (Å²) in [5.74, 6) is -0.510. The largest absolute Gasteiger partial charge is 0.383 e. The number of hydrogen-bond acceptors (Lipinski definition) is 3. The molecule has 2 aromatic rings. The number of para-hydroxylation sites is 1. The van der Waals surface area contributed by atoms with Crippen molar-refractivity contribution in [3.8, 4) is 0 Å². The van der Waals surface area contributed by atoms with Crippen LogP contribution >= 0.6 is 0 Å². The van der Waals surface area contributed by atoms with Crippen molar-refractivity contribution in [2.24, 2.45) is 0 Å². The topological polar surface area (TPSA) is 104 Å². The van der Waals surface area contributed by atoms with Crippen LogP contribution in [0.4, 0.5) is 11.5 Å². The van der Waals surface area contributed by atoms with E-state index >= 15 is 0 Å². The fraction of sp³-hybridized carbons (Fsp3) is 0. The first-order valence-corrected chi connectivity index (χ1v) is 4.61. The first-order valence-electron chi connectivity index (χ1n) is 4.61. The predicted molar refractivity (Wildman–Crippen MR) is 60.2 cm³/mol. The summed E-state index contributed by atoms with van der Waals surface area (Å²) in [5.41, 5.74) is 5.41. The van der Waals surface area contributed by atoms with Gasteiger partial charge in [-0.1, -0.05) is 18.2 Å². The molecule has 0 fully saturated rings. The number of amides is 1. The van der Waals surface area contributed by atoms with Crippen LogP contribution in [0, 0.1) is 0 Å². The van der Waals surface area contributed by atoms with Crippen LogP contribution in [0.5, 0.6) is 0 Å². The molecule has 1 amide bonds. The van der Waals surface area contributed by atoms with E-state index in [1.54, 1.807) is 24.3 Å². The van der Waals surface area contributed by atoms with Gasteiger partial charge in [-0.25, -0.2) is 0 Å². The lowest BCUT2D eigenvalue weighted by atomic mass is 10.2. The molecular formula is C10H10N4O2. The van der Waals surface area contributed by atoms with Gasteiger partial charge in [-0.05, 0) is 12.1 Å². The van der Waals surface area contributed by atoms with Crippen molar-refractivity contribution in [3.05, 3.63) is 46.2 Å². The number of nitrogens with two attached hydrogens (primary N) is 1. The minimum absolute atomic E-state index is 0.0263. The van der Waals surface area contributed by atoms with Gasteiger partial charge in [0.2, 0.25) is 0 Å². The molecule has 1 aromatic heterocycles. The van der Waals surface area contributed by atoms with Crippen molar-refractivity contribution in [3.63, 3.8) is 0 Å². The molecule has 16 heavy (non-hydrogen) atoms. The number of rotatable bonds is 2. The van der Waals surface area contributed by atoms with E-state index in [1.807, 2.05) is 6.07 Å². The maximum Gasteiger partial charge on any atom is 0.279 e. The number of nitrogen functional groups attached to an aromatic ring is 1. The molecule has 0 bridgehead atoms. The Bertz CT molecular complexity index is 556. The number of hydrogen-bond donors (Lipinski definition) is 4. The summed E-state index contributed by atoms with van der Waals surface area (Å²) in [6, 6.07) is 8.82. The van der Waals surface area contributed by atoms with Crippen molar-refractivity contribution in [2.75, 3.05) is 11.1 Å². The van der Waals surface area contributed by atoms with Crippen LogP contribution in [-0.4, -0.2) is 16.1 Å². The molecule has 0 atom stereocenters. The summed E-state index contributed by atoms with van der Waals surface area (Å²) >= 11 is 0. The van der Waals surface area contributed by atoms with Gasteiger partial charge in [0.15, 0.2) is 0 Å². The smallest absolute Gasteiger partial charge is 0.279 e. The van der Waals surface area contributed by atoms with E-state index in [0.29, 0.717) is 5.69 Å². The third kappa shape index (κ3) is 1.81. The number of aromatic nitrogens is 2. The van der Waals surface area contributed by atoms with E-state index in [9.17, 15) is 9.59 Å². The van der Waals surface area contributed by atoms with Crippen molar-refractivity contribution < 1.29 is 4.79 Å². The number of carbonyl (C=O) groups excluding carboxylic acids is 1. The lowest BCUT2D eigenvalue weighted by Crippen LogP contribution is -2.20. The molecule has 0 aliphatic rings. The van der Waals surface area contributed by atoms with E-state index in [4.69, 9.17) is 5.73 Å². The maximum atomic E-state index is 11.7. The second-order valence-corrected chi connectivity index (χ2v) is 3.19. The number of anilines is 2. The van der Waals surface area contributed by atoms with E-state index in [2.05, 4.69) is 15.5 Å². The lowest BCUT2D eigenvalue weighted by Gasteiger charge is -2.02. The molecule has 6 heteroatoms. The molecule has 2 rings (SSSR count). The zero-order valence-corrected chi connectivity index (χ0v) is 8.28. The van der Waals surface area contributed by atoms with Gasteiger partial charge in [0.25, 0.3) is 11.5 Å². The zero-order valence-electron chi connectivity index (χ0n) is 8.28. The van der Waals surface area contributed by atoms with Gasteiger partial charge >= 0.3 is 0 Å². The van der Waals surface area contributed by atoms with Crippen LogP contribution in [0.25, 0.3) is 0 Å². The average molecular weight is 218 g/mol. The van der Waals surface area contributed by atoms with Gasteiger partial charge in [-0.2, -0.15) is 0 Å². The van der Waals surface area contributed by atoms with E-state index < -0.39 is 11.5 Å². The zero-order chi connectivity index (χ0) is 11.5. The molecule has 6 nitrogen and oxygen atoms in total. The van der Waals surface area contributed by atoms with Gasteiger partial charge in [0.05, 0.1) is 0 Å². The third-order valence-corrected chi connectivity index (χ3v) is 2.07. The minimum Gasteiger partial charge on any atom is -0.383 e. The molecule has 0 saturated heterocycles. The Morgan fingerprint density at radius 3 is 2.44 bits per heavy atom. The fourth-order valence-corrected chi connectivity index (χ4v) is 1.31. The molecule has 1 aromatic carbocycles. The number of benzene rings is 1. The molecule has 0 radical (unpaired) electrons. The van der Waals surface area contributed by atoms with Crippen LogP contribution in [0.2, 0.25) is 0 Å². The Labute approximate surface area is 90.5 Å². The summed E-state index contributed by atoms with van der Waals surface area (Å²) in [6.07, 6.45) is 0. The number of carbonyl (C=O) groups is 1. The van der Waals surface area contributed by atoms with E-state index in [-0.39, 0.29) is 11.4 Å². The molecule has 82 valence electrons. The standard InChI is InChI=1S/C10H10N4O2/c11-8-7(10(16)14-13-8)9(15)12-6-4-2-1-3-5-6/h1-5H,(H,12,15)(H4,11,13,14,16). The van der Waals surface area contributed by atoms with Crippen LogP contribution in [0.1, 0.15) is 10.4 Å². The highest BCUT2D eigenvalue weighted by molar-refractivity contribution is 6.06. The highest BCUT2D eigenvalue weighted by Gasteiger charge is 2.15. The maximum absolute atomic E-state index is 11.7. The quantitative estimate of drug-likeness (QED) is 0.591. The summed E-state index contributed by atoms with van der Waals surface area (Å²) in [6.45, 7) is 0. The Hall–Kier alpha value is -2.50. The van der Waals surface area contributed by atoms with Crippen LogP contribution in [0.15, 0.2) is 35.1 Å². The second-order valence-electron chi connectivity index (χ2n) is 3.19. The molecule has 0 aliphatic carbocycles. The fourth-order valence-electron chi connectivity index (χ4n) is 1.31. The van der Waals surface area contributed by atoms with E-state index in [0.717, 1.165) is 0 Å². The first kappa shape index (κ1) is 10.0. The first-order chi connectivity index (χ1) is 7.68. The van der Waals surface area contributed by atoms with Gasteiger partial charge in [0, 0.05) is 5.69 Å². The monoisotopic (exact) mass is 218 g/mol. The van der Waals surface area contributed by atoms with Gasteiger partial charge < -0.3 is 11.1 Å². The highest BCUT2D eigenvalue weighted by Crippen LogP contribution is 2.08. The van der Waals surface area contributed by atoms with E-state index in [1.165, 1.54) is 0 Å². The Balaban J connectivity index is 2.25. The van der Waals surface area contributed by atoms with Crippen molar-refractivity contribution in [1.82, 2.24) is 10.2 Å². The summed E-state index contributed by atoms with van der Waals surface area (Å²) in [4.78, 5) is 22.9. The molecule has 0 spiro atoms. The molecule has 0 aliphatic heterocycles. The lowest BCUT2D eigenvalue weighted by molar-refractivity contribution is 0.102. The Morgan fingerprint density at radius 1 is 1.19 bits per heavy atom. The van der Waals surface area contributed by atoms with Gasteiger partial charge in [0.1, 0.15) is 11.4 Å². The molecular weight excluding hydrogens is 208 g/mol. The Morgan fingerprint density at radius 2 is 1.88 bits per heavy atom. The highest BCUT2D eigenvalue weighted by atomic mass is 16.2. The number of H-pyrrole nitrogens is 2. The number of nitrogens with one attached hydrogen (secondary N) is 3. The van der Waals surface area contributed by atoms with Crippen LogP contribution < -0.4 is 16.6 Å². The second kappa shape index (κ2) is 3.93. The molecule has 5 N–H and O–H groups in total. The third-order valence-electron chi connectivity index (χ3n) is 2.07. The normalized spacial score (nSPS) is 10.0. The molecule has 0 unspecified atom stereocenters. The predicted octanol–water partition coefficient (Wildman–Crippen LogP) is 0.537. The summed E-state index contributed by atoms with van der Waals surface area (Å²) < 4.78 is 0. The molecule has 1 heterocycles. The van der Waals surface area contributed by atoms with Crippen LogP contribution in [-0.2, 0) is 0 Å².